The minimum Gasteiger partial charge on any atom is -0.453 e. The second-order valence-corrected chi connectivity index (χ2v) is 7.49. The number of fused-ring (bicyclic) bond motifs is 1. The van der Waals surface area contributed by atoms with E-state index in [1.54, 1.807) is 6.07 Å². The molecule has 0 aliphatic rings. The molecule has 5 rings (SSSR count). The fraction of sp³-hybridized carbons (Fsp3) is 0.0952. The third-order valence-corrected chi connectivity index (χ3v) is 5.64. The van der Waals surface area contributed by atoms with Crippen LogP contribution in [0.15, 0.2) is 69.9 Å². The van der Waals surface area contributed by atoms with E-state index in [1.807, 2.05) is 66.3 Å². The van der Waals surface area contributed by atoms with Crippen LogP contribution >= 0.6 is 11.3 Å². The van der Waals surface area contributed by atoms with Crippen LogP contribution in [0, 0.1) is 6.92 Å². The first-order valence-corrected chi connectivity index (χ1v) is 9.82. The number of nitrogens with one attached hydrogen (secondary N) is 1. The molecule has 0 aliphatic carbocycles. The summed E-state index contributed by atoms with van der Waals surface area (Å²) in [7, 11) is 0. The highest BCUT2D eigenvalue weighted by Gasteiger charge is 2.17. The zero-order chi connectivity index (χ0) is 19.8. The highest BCUT2D eigenvalue weighted by atomic mass is 32.1. The molecule has 0 unspecified atom stereocenters. The second-order valence-electron chi connectivity index (χ2n) is 6.51. The predicted octanol–water partition coefficient (Wildman–Crippen LogP) is 4.57. The van der Waals surface area contributed by atoms with Crippen LogP contribution in [0.5, 0.6) is 0 Å². The number of benzene rings is 1. The van der Waals surface area contributed by atoms with Crippen LogP contribution in [-0.2, 0) is 6.54 Å². The highest BCUT2D eigenvalue weighted by Crippen LogP contribution is 2.28. The highest BCUT2D eigenvalue weighted by molar-refractivity contribution is 7.16. The summed E-state index contributed by atoms with van der Waals surface area (Å²) in [4.78, 5) is 17.6. The van der Waals surface area contributed by atoms with Crippen molar-refractivity contribution in [1.82, 2.24) is 20.0 Å². The second kappa shape index (κ2) is 7.06. The van der Waals surface area contributed by atoms with Crippen LogP contribution < -0.4 is 5.32 Å². The van der Waals surface area contributed by atoms with Gasteiger partial charge in [-0.1, -0.05) is 34.7 Å². The molecule has 5 aromatic rings. The molecule has 0 radical (unpaired) electrons. The van der Waals surface area contributed by atoms with Crippen molar-refractivity contribution in [3.63, 3.8) is 0 Å². The average Bonchev–Trinajstić information content (AvgIpc) is 3.51. The molecular weight excluding hydrogens is 388 g/mol. The lowest BCUT2D eigenvalue weighted by molar-refractivity contribution is 0.0953. The van der Waals surface area contributed by atoms with Gasteiger partial charge in [0.1, 0.15) is 16.2 Å². The molecule has 8 heteroatoms. The normalized spacial score (nSPS) is 11.2. The molecule has 0 aliphatic heterocycles. The van der Waals surface area contributed by atoms with Crippen molar-refractivity contribution >= 4 is 28.2 Å². The van der Waals surface area contributed by atoms with Gasteiger partial charge in [0.2, 0.25) is 5.76 Å². The van der Waals surface area contributed by atoms with Crippen molar-refractivity contribution in [1.29, 1.82) is 0 Å². The SMILES string of the molecule is Cc1nc(-n2cccc2)sc1C(=O)NCc1cc(-c2cc3ccccc3o2)on1. The standard InChI is InChI=1S/C21H16N4O3S/c1-13-19(29-21(23-13)25-8-4-5-9-25)20(26)22-12-15-11-18(28-24-15)17-10-14-6-2-3-7-16(14)27-17/h2-11H,12H2,1H3,(H,22,26). The Bertz CT molecular complexity index is 1260. The number of carbonyl (C=O) groups excluding carboxylic acids is 1. The van der Waals surface area contributed by atoms with E-state index in [0.29, 0.717) is 27.8 Å². The Kier molecular flexibility index (Phi) is 4.25. The molecule has 0 spiro atoms. The first-order valence-electron chi connectivity index (χ1n) is 9.01. The predicted molar refractivity (Wildman–Crippen MR) is 109 cm³/mol. The summed E-state index contributed by atoms with van der Waals surface area (Å²) in [5.74, 6) is 0.937. The van der Waals surface area contributed by atoms with Crippen LogP contribution in [0.3, 0.4) is 0 Å². The van der Waals surface area contributed by atoms with Gasteiger partial charge in [-0.05, 0) is 31.2 Å². The molecular formula is C21H16N4O3S. The fourth-order valence-electron chi connectivity index (χ4n) is 3.03. The van der Waals surface area contributed by atoms with Crippen LogP contribution in [0.25, 0.3) is 27.6 Å². The Morgan fingerprint density at radius 3 is 2.79 bits per heavy atom. The maximum atomic E-state index is 12.6. The summed E-state index contributed by atoms with van der Waals surface area (Å²) in [5.41, 5.74) is 2.09. The van der Waals surface area contributed by atoms with Crippen molar-refractivity contribution in [3.8, 4) is 16.7 Å². The van der Waals surface area contributed by atoms with Gasteiger partial charge in [-0.25, -0.2) is 4.98 Å². The number of aromatic nitrogens is 3. The largest absolute Gasteiger partial charge is 0.453 e. The monoisotopic (exact) mass is 404 g/mol. The molecule has 29 heavy (non-hydrogen) atoms. The molecule has 1 aromatic carbocycles. The van der Waals surface area contributed by atoms with E-state index in [-0.39, 0.29) is 12.5 Å². The molecule has 0 saturated heterocycles. The lowest BCUT2D eigenvalue weighted by Crippen LogP contribution is -2.22. The van der Waals surface area contributed by atoms with Crippen molar-refractivity contribution < 1.29 is 13.7 Å². The van der Waals surface area contributed by atoms with E-state index in [9.17, 15) is 4.79 Å². The Balaban J connectivity index is 1.29. The van der Waals surface area contributed by atoms with Crippen LogP contribution in [0.1, 0.15) is 21.1 Å². The van der Waals surface area contributed by atoms with Crippen LogP contribution in [-0.4, -0.2) is 20.6 Å². The molecule has 4 aromatic heterocycles. The molecule has 0 atom stereocenters. The number of rotatable bonds is 5. The van der Waals surface area contributed by atoms with Gasteiger partial charge in [-0.3, -0.25) is 4.79 Å². The Morgan fingerprint density at radius 1 is 1.14 bits per heavy atom. The van der Waals surface area contributed by atoms with Crippen molar-refractivity contribution in [3.05, 3.63) is 77.2 Å². The summed E-state index contributed by atoms with van der Waals surface area (Å²) in [6.07, 6.45) is 3.80. The zero-order valence-corrected chi connectivity index (χ0v) is 16.3. The molecule has 4 heterocycles. The van der Waals surface area contributed by atoms with E-state index in [4.69, 9.17) is 8.94 Å². The van der Waals surface area contributed by atoms with Gasteiger partial charge >= 0.3 is 0 Å². The third-order valence-electron chi connectivity index (χ3n) is 4.47. The number of para-hydroxylation sites is 1. The molecule has 7 nitrogen and oxygen atoms in total. The minimum absolute atomic E-state index is 0.188. The minimum atomic E-state index is -0.188. The summed E-state index contributed by atoms with van der Waals surface area (Å²) in [6, 6.07) is 15.2. The number of nitrogens with zero attached hydrogens (tertiary/aromatic N) is 3. The molecule has 0 bridgehead atoms. The van der Waals surface area contributed by atoms with E-state index >= 15 is 0 Å². The van der Waals surface area contributed by atoms with Gasteiger partial charge in [0.05, 0.1) is 12.2 Å². The molecule has 0 fully saturated rings. The molecule has 144 valence electrons. The number of furan rings is 1. The van der Waals surface area contributed by atoms with Gasteiger partial charge in [0.15, 0.2) is 10.9 Å². The van der Waals surface area contributed by atoms with E-state index in [0.717, 1.165) is 16.1 Å². The van der Waals surface area contributed by atoms with E-state index in [1.165, 1.54) is 11.3 Å². The maximum Gasteiger partial charge on any atom is 0.263 e. The first-order chi connectivity index (χ1) is 14.2. The summed E-state index contributed by atoms with van der Waals surface area (Å²) in [5, 5.41) is 8.66. The van der Waals surface area contributed by atoms with Crippen molar-refractivity contribution in [2.45, 2.75) is 13.5 Å². The van der Waals surface area contributed by atoms with Gasteiger partial charge < -0.3 is 18.8 Å². The Morgan fingerprint density at radius 2 is 1.97 bits per heavy atom. The van der Waals surface area contributed by atoms with Crippen LogP contribution in [0.2, 0.25) is 0 Å². The number of hydrogen-bond acceptors (Lipinski definition) is 6. The molecule has 1 N–H and O–H groups in total. The number of amides is 1. The maximum absolute atomic E-state index is 12.6. The summed E-state index contributed by atoms with van der Waals surface area (Å²) >= 11 is 1.35. The van der Waals surface area contributed by atoms with Gasteiger partial charge in [0, 0.05) is 23.8 Å². The zero-order valence-electron chi connectivity index (χ0n) is 15.5. The molecule has 0 saturated carbocycles. The van der Waals surface area contributed by atoms with Crippen molar-refractivity contribution in [2.24, 2.45) is 0 Å². The fourth-order valence-corrected chi connectivity index (χ4v) is 3.98. The van der Waals surface area contributed by atoms with E-state index < -0.39 is 0 Å². The Labute approximate surface area is 169 Å². The van der Waals surface area contributed by atoms with Crippen LogP contribution in [0.4, 0.5) is 0 Å². The quantitative estimate of drug-likeness (QED) is 0.464. The number of aryl methyl sites for hydroxylation is 1. The third kappa shape index (κ3) is 3.34. The number of hydrogen-bond donors (Lipinski definition) is 1. The van der Waals surface area contributed by atoms with Crippen molar-refractivity contribution in [2.75, 3.05) is 0 Å². The average molecular weight is 404 g/mol. The topological polar surface area (TPSA) is 86.1 Å². The van der Waals surface area contributed by atoms with Gasteiger partial charge in [0.25, 0.3) is 5.91 Å². The van der Waals surface area contributed by atoms with E-state index in [2.05, 4.69) is 15.5 Å². The smallest absolute Gasteiger partial charge is 0.263 e. The van der Waals surface area contributed by atoms with Gasteiger partial charge in [-0.2, -0.15) is 0 Å². The molecule has 1 amide bonds. The lowest BCUT2D eigenvalue weighted by Gasteiger charge is -2.00. The number of carbonyl (C=O) groups is 1. The first kappa shape index (κ1) is 17.4. The summed E-state index contributed by atoms with van der Waals surface area (Å²) < 4.78 is 13.1. The number of thiazole rings is 1. The lowest BCUT2D eigenvalue weighted by atomic mass is 10.2. The Hall–Kier alpha value is -3.65. The van der Waals surface area contributed by atoms with Gasteiger partial charge in [-0.15, -0.1) is 0 Å². The summed E-state index contributed by atoms with van der Waals surface area (Å²) in [6.45, 7) is 2.08.